The number of carbonyl (C=O) groups excluding carboxylic acids is 1. The Morgan fingerprint density at radius 3 is 3.00 bits per heavy atom. The van der Waals surface area contributed by atoms with Crippen LogP contribution < -0.4 is 10.9 Å². The number of aromatic nitrogens is 1. The predicted octanol–water partition coefficient (Wildman–Crippen LogP) is -0.564. The molecule has 0 aliphatic carbocycles. The van der Waals surface area contributed by atoms with Crippen molar-refractivity contribution in [2.24, 2.45) is 0 Å². The molecule has 2 N–H and O–H groups in total. The first-order valence-electron chi connectivity index (χ1n) is 6.90. The van der Waals surface area contributed by atoms with Gasteiger partial charge in [0.15, 0.2) is 0 Å². The lowest BCUT2D eigenvalue weighted by molar-refractivity contribution is 0.0694. The summed E-state index contributed by atoms with van der Waals surface area (Å²) in [5.74, 6) is 0.00376. The van der Waals surface area contributed by atoms with E-state index >= 15 is 0 Å². The first kappa shape index (κ1) is 15.0. The number of nitrogens with zero attached hydrogens (tertiary/aromatic N) is 2. The average molecular weight is 283 g/mol. The molecule has 0 amide bonds. The molecule has 0 bridgehead atoms. The SMILES string of the molecule is Cc1cc(=O)n(C(=O)CN(CCO)CC2CCCN2)o1. The fourth-order valence-electron chi connectivity index (χ4n) is 2.48. The number of aliphatic hydroxyl groups excluding tert-OH is 1. The van der Waals surface area contributed by atoms with Gasteiger partial charge in [-0.15, -0.1) is 4.74 Å². The highest BCUT2D eigenvalue weighted by Gasteiger charge is 2.21. The van der Waals surface area contributed by atoms with E-state index in [1.807, 2.05) is 4.90 Å². The Kier molecular flexibility index (Phi) is 5.11. The van der Waals surface area contributed by atoms with Crippen molar-refractivity contribution in [2.75, 3.05) is 32.8 Å². The van der Waals surface area contributed by atoms with E-state index < -0.39 is 11.5 Å². The Morgan fingerprint density at radius 2 is 2.45 bits per heavy atom. The highest BCUT2D eigenvalue weighted by molar-refractivity contribution is 5.79. The van der Waals surface area contributed by atoms with E-state index in [0.29, 0.717) is 24.9 Å². The van der Waals surface area contributed by atoms with E-state index in [0.717, 1.165) is 24.1 Å². The molecule has 1 aromatic rings. The number of aryl methyl sites for hydroxylation is 1. The molecule has 0 saturated carbocycles. The standard InChI is InChI=1S/C13H21N3O4/c1-10-7-12(18)16(20-10)13(19)9-15(5-6-17)8-11-3-2-4-14-11/h7,11,14,17H,2-6,8-9H2,1H3. The van der Waals surface area contributed by atoms with Crippen molar-refractivity contribution in [3.63, 3.8) is 0 Å². The van der Waals surface area contributed by atoms with Gasteiger partial charge >= 0.3 is 0 Å². The minimum absolute atomic E-state index is 0.0217. The molecular formula is C13H21N3O4. The summed E-state index contributed by atoms with van der Waals surface area (Å²) in [5.41, 5.74) is -0.449. The fourth-order valence-corrected chi connectivity index (χ4v) is 2.48. The zero-order valence-electron chi connectivity index (χ0n) is 11.7. The molecule has 7 heteroatoms. The molecule has 1 aliphatic heterocycles. The highest BCUT2D eigenvalue weighted by Crippen LogP contribution is 2.07. The lowest BCUT2D eigenvalue weighted by Crippen LogP contribution is -2.43. The number of carbonyl (C=O) groups is 1. The van der Waals surface area contributed by atoms with Crippen LogP contribution in [-0.4, -0.2) is 59.5 Å². The van der Waals surface area contributed by atoms with Gasteiger partial charge in [0.25, 0.3) is 11.5 Å². The van der Waals surface area contributed by atoms with Crippen molar-refractivity contribution in [3.05, 3.63) is 22.2 Å². The molecule has 1 atom stereocenters. The van der Waals surface area contributed by atoms with Gasteiger partial charge in [0, 0.05) is 25.2 Å². The molecule has 0 aromatic carbocycles. The number of rotatable bonds is 6. The van der Waals surface area contributed by atoms with Gasteiger partial charge < -0.3 is 14.9 Å². The van der Waals surface area contributed by atoms with Gasteiger partial charge in [0.05, 0.1) is 13.2 Å². The Balaban J connectivity index is 1.97. The van der Waals surface area contributed by atoms with Crippen molar-refractivity contribution < 1.29 is 14.4 Å². The van der Waals surface area contributed by atoms with Crippen molar-refractivity contribution in [3.8, 4) is 0 Å². The number of hydrogen-bond acceptors (Lipinski definition) is 6. The summed E-state index contributed by atoms with van der Waals surface area (Å²) in [6.45, 7) is 3.73. The highest BCUT2D eigenvalue weighted by atomic mass is 16.5. The third-order valence-corrected chi connectivity index (χ3v) is 3.40. The second-order valence-electron chi connectivity index (χ2n) is 5.12. The molecule has 2 heterocycles. The van der Waals surface area contributed by atoms with Crippen molar-refractivity contribution in [2.45, 2.75) is 25.8 Å². The second kappa shape index (κ2) is 6.83. The van der Waals surface area contributed by atoms with E-state index in [4.69, 9.17) is 9.63 Å². The van der Waals surface area contributed by atoms with Crippen LogP contribution in [-0.2, 0) is 0 Å². The Hall–Kier alpha value is -1.44. The van der Waals surface area contributed by atoms with Gasteiger partial charge in [-0.25, -0.2) is 0 Å². The molecule has 20 heavy (non-hydrogen) atoms. The molecule has 0 radical (unpaired) electrons. The zero-order valence-corrected chi connectivity index (χ0v) is 11.7. The van der Waals surface area contributed by atoms with Crippen LogP contribution in [0.25, 0.3) is 0 Å². The molecule has 1 saturated heterocycles. The molecule has 0 spiro atoms. The largest absolute Gasteiger partial charge is 0.395 e. The summed E-state index contributed by atoms with van der Waals surface area (Å²) in [5, 5.41) is 12.4. The number of hydrogen-bond donors (Lipinski definition) is 2. The van der Waals surface area contributed by atoms with Crippen LogP contribution in [0.3, 0.4) is 0 Å². The van der Waals surface area contributed by atoms with Gasteiger partial charge in [-0.2, -0.15) is 0 Å². The van der Waals surface area contributed by atoms with Crippen LogP contribution in [0.4, 0.5) is 0 Å². The second-order valence-corrected chi connectivity index (χ2v) is 5.12. The van der Waals surface area contributed by atoms with Crippen LogP contribution in [0.15, 0.2) is 15.4 Å². The quantitative estimate of drug-likeness (QED) is 0.727. The maximum Gasteiger partial charge on any atom is 0.290 e. The van der Waals surface area contributed by atoms with Crippen LogP contribution in [0.2, 0.25) is 0 Å². The first-order chi connectivity index (χ1) is 9.60. The van der Waals surface area contributed by atoms with Gasteiger partial charge in [-0.05, 0) is 26.3 Å². The molecule has 1 fully saturated rings. The van der Waals surface area contributed by atoms with Crippen molar-refractivity contribution >= 4 is 5.91 Å². The molecule has 7 nitrogen and oxygen atoms in total. The molecule has 112 valence electrons. The summed E-state index contributed by atoms with van der Waals surface area (Å²) in [4.78, 5) is 25.4. The lowest BCUT2D eigenvalue weighted by Gasteiger charge is -2.23. The molecule has 1 unspecified atom stereocenters. The summed E-state index contributed by atoms with van der Waals surface area (Å²) in [7, 11) is 0. The van der Waals surface area contributed by atoms with E-state index in [2.05, 4.69) is 5.32 Å². The van der Waals surface area contributed by atoms with Crippen LogP contribution in [0.5, 0.6) is 0 Å². The van der Waals surface area contributed by atoms with E-state index in [1.165, 1.54) is 6.07 Å². The smallest absolute Gasteiger partial charge is 0.290 e. The van der Waals surface area contributed by atoms with Crippen molar-refractivity contribution in [1.82, 2.24) is 15.0 Å². The maximum atomic E-state index is 12.1. The Morgan fingerprint density at radius 1 is 1.65 bits per heavy atom. The van der Waals surface area contributed by atoms with Crippen LogP contribution >= 0.6 is 0 Å². The van der Waals surface area contributed by atoms with Gasteiger partial charge in [0.1, 0.15) is 5.76 Å². The van der Waals surface area contributed by atoms with Crippen LogP contribution in [0.1, 0.15) is 23.4 Å². The number of aliphatic hydroxyl groups is 1. The summed E-state index contributed by atoms with van der Waals surface area (Å²) >= 11 is 0. The topological polar surface area (TPSA) is 87.7 Å². The van der Waals surface area contributed by atoms with Crippen molar-refractivity contribution in [1.29, 1.82) is 0 Å². The van der Waals surface area contributed by atoms with Crippen LogP contribution in [0, 0.1) is 6.92 Å². The summed E-state index contributed by atoms with van der Waals surface area (Å²) < 4.78 is 5.85. The van der Waals surface area contributed by atoms with Gasteiger partial charge in [0.2, 0.25) is 0 Å². The molecular weight excluding hydrogens is 262 g/mol. The number of nitrogens with one attached hydrogen (secondary N) is 1. The lowest BCUT2D eigenvalue weighted by atomic mass is 10.2. The predicted molar refractivity (Wildman–Crippen MR) is 72.9 cm³/mol. The van der Waals surface area contributed by atoms with Gasteiger partial charge in [-0.1, -0.05) is 0 Å². The maximum absolute atomic E-state index is 12.1. The molecule has 1 aromatic heterocycles. The van der Waals surface area contributed by atoms with Gasteiger partial charge in [-0.3, -0.25) is 14.5 Å². The minimum atomic E-state index is -0.449. The summed E-state index contributed by atoms with van der Waals surface area (Å²) in [6.07, 6.45) is 2.19. The van der Waals surface area contributed by atoms with E-state index in [1.54, 1.807) is 6.92 Å². The summed E-state index contributed by atoms with van der Waals surface area (Å²) in [6, 6.07) is 1.62. The normalized spacial score (nSPS) is 18.9. The fraction of sp³-hybridized carbons (Fsp3) is 0.692. The molecule has 1 aliphatic rings. The Labute approximate surface area is 117 Å². The Bertz CT molecular complexity index is 502. The van der Waals surface area contributed by atoms with E-state index in [-0.39, 0.29) is 13.2 Å². The van der Waals surface area contributed by atoms with E-state index in [9.17, 15) is 9.59 Å². The zero-order chi connectivity index (χ0) is 14.5. The third-order valence-electron chi connectivity index (χ3n) is 3.40. The monoisotopic (exact) mass is 283 g/mol. The molecule has 2 rings (SSSR count). The third kappa shape index (κ3) is 3.78. The first-order valence-corrected chi connectivity index (χ1v) is 6.90. The average Bonchev–Trinajstić information content (AvgIpc) is 2.99. The minimum Gasteiger partial charge on any atom is -0.395 e.